The first-order chi connectivity index (χ1) is 17.5. The van der Waals surface area contributed by atoms with E-state index in [4.69, 9.17) is 14.2 Å². The Morgan fingerprint density at radius 2 is 1.56 bits per heavy atom. The third-order valence-corrected chi connectivity index (χ3v) is 6.12. The molecule has 1 N–H and O–H groups in total. The Kier molecular flexibility index (Phi) is 10.4. The van der Waals surface area contributed by atoms with Gasteiger partial charge < -0.3 is 24.2 Å². The number of amides is 1. The van der Waals surface area contributed by atoms with E-state index in [1.165, 1.54) is 4.90 Å². The van der Waals surface area contributed by atoms with Crippen molar-refractivity contribution in [3.05, 3.63) is 65.2 Å². The minimum atomic E-state index is -0.712. The lowest BCUT2D eigenvalue weighted by Gasteiger charge is -2.25. The van der Waals surface area contributed by atoms with Crippen molar-refractivity contribution >= 4 is 17.4 Å². The summed E-state index contributed by atoms with van der Waals surface area (Å²) in [6.45, 7) is 6.17. The van der Waals surface area contributed by atoms with Gasteiger partial charge in [-0.2, -0.15) is 0 Å². The Morgan fingerprint density at radius 3 is 2.19 bits per heavy atom. The molecule has 1 aliphatic heterocycles. The van der Waals surface area contributed by atoms with Crippen molar-refractivity contribution in [3.8, 4) is 11.5 Å². The van der Waals surface area contributed by atoms with Gasteiger partial charge in [0.25, 0.3) is 11.7 Å². The zero-order valence-corrected chi connectivity index (χ0v) is 21.5. The predicted octanol–water partition coefficient (Wildman–Crippen LogP) is 5.50. The lowest BCUT2D eigenvalue weighted by Crippen LogP contribution is -2.31. The van der Waals surface area contributed by atoms with Crippen molar-refractivity contribution in [2.24, 2.45) is 0 Å². The average Bonchev–Trinajstić information content (AvgIpc) is 3.14. The number of nitrogens with zero attached hydrogens (tertiary/aromatic N) is 1. The molecule has 0 spiro atoms. The van der Waals surface area contributed by atoms with E-state index < -0.39 is 17.7 Å². The lowest BCUT2D eigenvalue weighted by molar-refractivity contribution is -0.140. The van der Waals surface area contributed by atoms with Crippen LogP contribution in [0.1, 0.15) is 63.1 Å². The molecule has 2 aromatic carbocycles. The van der Waals surface area contributed by atoms with Crippen LogP contribution in [0.2, 0.25) is 0 Å². The van der Waals surface area contributed by atoms with E-state index >= 15 is 0 Å². The van der Waals surface area contributed by atoms with Gasteiger partial charge in [0.15, 0.2) is 0 Å². The second-order valence-corrected chi connectivity index (χ2v) is 8.84. The Balaban J connectivity index is 1.98. The summed E-state index contributed by atoms with van der Waals surface area (Å²) >= 11 is 0. The van der Waals surface area contributed by atoms with Gasteiger partial charge in [-0.15, -0.1) is 0 Å². The second kappa shape index (κ2) is 13.7. The predicted molar refractivity (Wildman–Crippen MR) is 139 cm³/mol. The van der Waals surface area contributed by atoms with Crippen LogP contribution in [0.5, 0.6) is 11.5 Å². The van der Waals surface area contributed by atoms with E-state index in [1.807, 2.05) is 30.3 Å². The first kappa shape index (κ1) is 27.3. The van der Waals surface area contributed by atoms with Crippen LogP contribution < -0.4 is 9.47 Å². The first-order valence-electron chi connectivity index (χ1n) is 12.7. The maximum absolute atomic E-state index is 13.2. The highest BCUT2D eigenvalue weighted by molar-refractivity contribution is 6.46. The van der Waals surface area contributed by atoms with Crippen molar-refractivity contribution in [1.29, 1.82) is 0 Å². The first-order valence-corrected chi connectivity index (χ1v) is 12.7. The molecule has 1 amide bonds. The number of Topliss-reactive ketones (excluding diaryl/α,β-unsaturated/α-hetero) is 1. The van der Waals surface area contributed by atoms with Crippen LogP contribution in [0.3, 0.4) is 0 Å². The molecule has 1 heterocycles. The molecular weight excluding hydrogens is 458 g/mol. The fourth-order valence-electron chi connectivity index (χ4n) is 4.14. The Morgan fingerprint density at radius 1 is 0.889 bits per heavy atom. The van der Waals surface area contributed by atoms with Crippen LogP contribution in [0.4, 0.5) is 0 Å². The molecule has 0 aromatic heterocycles. The van der Waals surface area contributed by atoms with Gasteiger partial charge in [0, 0.05) is 25.8 Å². The molecule has 1 aliphatic rings. The molecule has 3 rings (SSSR count). The van der Waals surface area contributed by atoms with Gasteiger partial charge in [0.05, 0.1) is 24.8 Å². The number of carbonyl (C=O) groups excluding carboxylic acids is 2. The standard InChI is InChI=1S/C29H37NO6/c1-4-6-18-35-23-14-12-21(13-15-23)26-25(28(32)29(33)30(26)16-9-17-34-3)27(31)22-10-8-11-24(20-22)36-19-7-5-2/h8,10-15,20,26,31H,4-7,9,16-19H2,1-3H3/b27-25+. The van der Waals surface area contributed by atoms with E-state index in [1.54, 1.807) is 25.3 Å². The van der Waals surface area contributed by atoms with Crippen LogP contribution in [0, 0.1) is 0 Å². The summed E-state index contributed by atoms with van der Waals surface area (Å²) in [5, 5.41) is 11.3. The number of benzene rings is 2. The lowest BCUT2D eigenvalue weighted by atomic mass is 9.95. The van der Waals surface area contributed by atoms with Crippen LogP contribution in [0.15, 0.2) is 54.1 Å². The summed E-state index contributed by atoms with van der Waals surface area (Å²) in [6.07, 6.45) is 4.50. The number of ketones is 1. The van der Waals surface area contributed by atoms with Crippen LogP contribution in [-0.2, 0) is 14.3 Å². The van der Waals surface area contributed by atoms with Crippen molar-refractivity contribution in [1.82, 2.24) is 4.90 Å². The Bertz CT molecular complexity index is 1050. The average molecular weight is 496 g/mol. The van der Waals surface area contributed by atoms with Gasteiger partial charge in [-0.3, -0.25) is 9.59 Å². The summed E-state index contributed by atoms with van der Waals surface area (Å²) in [4.78, 5) is 27.8. The van der Waals surface area contributed by atoms with Crippen molar-refractivity contribution in [3.63, 3.8) is 0 Å². The van der Waals surface area contributed by atoms with Crippen LogP contribution in [-0.4, -0.2) is 55.2 Å². The molecule has 1 saturated heterocycles. The molecule has 36 heavy (non-hydrogen) atoms. The van der Waals surface area contributed by atoms with Crippen LogP contribution in [0.25, 0.3) is 5.76 Å². The number of rotatable bonds is 14. The van der Waals surface area contributed by atoms with E-state index in [9.17, 15) is 14.7 Å². The smallest absolute Gasteiger partial charge is 0.295 e. The van der Waals surface area contributed by atoms with Gasteiger partial charge in [-0.1, -0.05) is 51.0 Å². The third kappa shape index (κ3) is 6.66. The van der Waals surface area contributed by atoms with Gasteiger partial charge in [-0.25, -0.2) is 0 Å². The molecule has 194 valence electrons. The maximum atomic E-state index is 13.2. The van der Waals surface area contributed by atoms with Gasteiger partial charge in [-0.05, 0) is 49.1 Å². The van der Waals surface area contributed by atoms with Gasteiger partial charge >= 0.3 is 0 Å². The van der Waals surface area contributed by atoms with Gasteiger partial charge in [0.2, 0.25) is 0 Å². The Hall–Kier alpha value is -3.32. The summed E-state index contributed by atoms with van der Waals surface area (Å²) in [5.74, 6) is -0.212. The molecule has 0 aliphatic carbocycles. The molecule has 1 atom stereocenters. The fraction of sp³-hybridized carbons (Fsp3) is 0.448. The number of hydrogen-bond acceptors (Lipinski definition) is 6. The summed E-state index contributed by atoms with van der Waals surface area (Å²) < 4.78 is 16.7. The van der Waals surface area contributed by atoms with Gasteiger partial charge in [0.1, 0.15) is 17.3 Å². The SMILES string of the molecule is CCCCOc1ccc(C2/C(=C(\O)c3cccc(OCCCC)c3)C(=O)C(=O)N2CCCOC)cc1. The molecule has 2 aromatic rings. The minimum Gasteiger partial charge on any atom is -0.507 e. The zero-order valence-electron chi connectivity index (χ0n) is 21.5. The molecular formula is C29H37NO6. The summed E-state index contributed by atoms with van der Waals surface area (Å²) in [6, 6.07) is 13.6. The number of likely N-dealkylation sites (tertiary alicyclic amines) is 1. The number of aliphatic hydroxyl groups is 1. The number of ether oxygens (including phenoxy) is 3. The molecule has 0 radical (unpaired) electrons. The normalized spacial score (nSPS) is 17.0. The molecule has 0 bridgehead atoms. The maximum Gasteiger partial charge on any atom is 0.295 e. The molecule has 1 fully saturated rings. The molecule has 0 saturated carbocycles. The number of hydrogen-bond donors (Lipinski definition) is 1. The van der Waals surface area contributed by atoms with Crippen molar-refractivity contribution in [2.75, 3.05) is 33.5 Å². The highest BCUT2D eigenvalue weighted by Crippen LogP contribution is 2.40. The van der Waals surface area contributed by atoms with E-state index in [-0.39, 0.29) is 11.3 Å². The van der Waals surface area contributed by atoms with Crippen molar-refractivity contribution in [2.45, 2.75) is 52.0 Å². The molecule has 1 unspecified atom stereocenters. The largest absolute Gasteiger partial charge is 0.507 e. The number of aliphatic hydroxyl groups excluding tert-OH is 1. The van der Waals surface area contributed by atoms with Crippen LogP contribution >= 0.6 is 0 Å². The summed E-state index contributed by atoms with van der Waals surface area (Å²) in [5.41, 5.74) is 1.23. The Labute approximate surface area is 213 Å². The molecule has 7 heteroatoms. The van der Waals surface area contributed by atoms with E-state index in [2.05, 4.69) is 13.8 Å². The monoisotopic (exact) mass is 495 g/mol. The quantitative estimate of drug-likeness (QED) is 0.161. The van der Waals surface area contributed by atoms with E-state index in [0.717, 1.165) is 37.0 Å². The second-order valence-electron chi connectivity index (χ2n) is 8.84. The highest BCUT2D eigenvalue weighted by atomic mass is 16.5. The zero-order chi connectivity index (χ0) is 25.9. The third-order valence-electron chi connectivity index (χ3n) is 6.12. The number of carbonyl (C=O) groups is 2. The summed E-state index contributed by atoms with van der Waals surface area (Å²) in [7, 11) is 1.60. The molecule has 7 nitrogen and oxygen atoms in total. The van der Waals surface area contributed by atoms with Crippen molar-refractivity contribution < 1.29 is 28.9 Å². The highest BCUT2D eigenvalue weighted by Gasteiger charge is 2.45. The number of unbranched alkanes of at least 4 members (excludes halogenated alkanes) is 2. The topological polar surface area (TPSA) is 85.3 Å². The minimum absolute atomic E-state index is 0.0720. The fourth-order valence-corrected chi connectivity index (χ4v) is 4.14. The number of methoxy groups -OCH3 is 1. The van der Waals surface area contributed by atoms with E-state index in [0.29, 0.717) is 44.1 Å².